The van der Waals surface area contributed by atoms with Gasteiger partial charge in [-0.15, -0.1) is 0 Å². The van der Waals surface area contributed by atoms with Gasteiger partial charge >= 0.3 is 0 Å². The largest absolute Gasteiger partial charge is 0.493 e. The van der Waals surface area contributed by atoms with Crippen LogP contribution < -0.4 is 9.47 Å². The Morgan fingerprint density at radius 1 is 1.22 bits per heavy atom. The highest BCUT2D eigenvalue weighted by Gasteiger charge is 2.40. The van der Waals surface area contributed by atoms with Crippen LogP contribution in [-0.4, -0.2) is 50.7 Å². The molecule has 0 N–H and O–H groups in total. The van der Waals surface area contributed by atoms with E-state index in [2.05, 4.69) is 24.0 Å². The minimum Gasteiger partial charge on any atom is -0.493 e. The van der Waals surface area contributed by atoms with Crippen molar-refractivity contribution < 1.29 is 18.9 Å². The first-order valence-electron chi connectivity index (χ1n) is 8.55. The van der Waals surface area contributed by atoms with Gasteiger partial charge in [0.15, 0.2) is 17.3 Å². The fraction of sp³-hybridized carbons (Fsp3) is 0.667. The third-order valence-electron chi connectivity index (χ3n) is 4.41. The van der Waals surface area contributed by atoms with Crippen LogP contribution in [0, 0.1) is 0 Å². The summed E-state index contributed by atoms with van der Waals surface area (Å²) in [6.07, 6.45) is 3.09. The van der Waals surface area contributed by atoms with Crippen LogP contribution in [0.25, 0.3) is 0 Å². The maximum atomic E-state index is 5.85. The second-order valence-corrected chi connectivity index (χ2v) is 6.26. The fourth-order valence-corrected chi connectivity index (χ4v) is 3.34. The summed E-state index contributed by atoms with van der Waals surface area (Å²) in [5.74, 6) is 1.25. The van der Waals surface area contributed by atoms with Gasteiger partial charge in [0.1, 0.15) is 0 Å². The lowest BCUT2D eigenvalue weighted by Gasteiger charge is -2.38. The van der Waals surface area contributed by atoms with E-state index in [0.29, 0.717) is 19.8 Å². The van der Waals surface area contributed by atoms with E-state index in [1.165, 1.54) is 5.56 Å². The quantitative estimate of drug-likeness (QED) is 0.806. The smallest absolute Gasteiger partial charge is 0.181 e. The van der Waals surface area contributed by atoms with Gasteiger partial charge in [-0.3, -0.25) is 4.90 Å². The molecule has 0 radical (unpaired) electrons. The molecule has 23 heavy (non-hydrogen) atoms. The summed E-state index contributed by atoms with van der Waals surface area (Å²) < 4.78 is 22.9. The van der Waals surface area contributed by atoms with Gasteiger partial charge in [0.05, 0.1) is 33.5 Å². The van der Waals surface area contributed by atoms with E-state index in [4.69, 9.17) is 18.9 Å². The van der Waals surface area contributed by atoms with E-state index < -0.39 is 0 Å². The molecular weight excluding hydrogens is 294 g/mol. The van der Waals surface area contributed by atoms with Crippen molar-refractivity contribution in [3.05, 3.63) is 23.8 Å². The average Bonchev–Trinajstić information content (AvgIpc) is 3.01. The molecule has 1 spiro atoms. The zero-order valence-electron chi connectivity index (χ0n) is 14.2. The van der Waals surface area contributed by atoms with E-state index in [9.17, 15) is 0 Å². The summed E-state index contributed by atoms with van der Waals surface area (Å²) in [5.41, 5.74) is 1.22. The predicted octanol–water partition coefficient (Wildman–Crippen LogP) is 2.82. The lowest BCUT2D eigenvalue weighted by Crippen LogP contribution is -2.48. The molecular formula is C18H27NO4. The van der Waals surface area contributed by atoms with Crippen LogP contribution in [0.5, 0.6) is 11.5 Å². The van der Waals surface area contributed by atoms with Gasteiger partial charge in [0, 0.05) is 13.0 Å². The number of hydrogen-bond donors (Lipinski definition) is 0. The molecule has 0 amide bonds. The third kappa shape index (κ3) is 3.97. The molecule has 3 rings (SSSR count). The molecule has 1 aromatic carbocycles. The summed E-state index contributed by atoms with van der Waals surface area (Å²) in [4.78, 5) is 2.40. The molecule has 1 aromatic rings. The van der Waals surface area contributed by atoms with Gasteiger partial charge in [-0.05, 0) is 37.1 Å². The van der Waals surface area contributed by atoms with Crippen LogP contribution in [0.15, 0.2) is 18.2 Å². The Balaban J connectivity index is 1.65. The van der Waals surface area contributed by atoms with Crippen LogP contribution in [-0.2, 0) is 16.0 Å². The maximum absolute atomic E-state index is 5.85. The number of methoxy groups -OCH3 is 1. The Bertz CT molecular complexity index is 514. The predicted molar refractivity (Wildman–Crippen MR) is 87.9 cm³/mol. The van der Waals surface area contributed by atoms with E-state index in [1.54, 1.807) is 7.11 Å². The van der Waals surface area contributed by atoms with Gasteiger partial charge in [-0.2, -0.15) is 0 Å². The molecule has 0 bridgehead atoms. The Hall–Kier alpha value is -1.30. The molecule has 0 saturated carbocycles. The minimum absolute atomic E-state index is 0.369. The molecule has 0 unspecified atom stereocenters. The second kappa shape index (κ2) is 7.51. The Morgan fingerprint density at radius 3 is 2.78 bits per heavy atom. The summed E-state index contributed by atoms with van der Waals surface area (Å²) in [7, 11) is 1.69. The maximum Gasteiger partial charge on any atom is 0.181 e. The summed E-state index contributed by atoms with van der Waals surface area (Å²) in [6.45, 7) is 7.02. The van der Waals surface area contributed by atoms with Crippen molar-refractivity contribution in [3.63, 3.8) is 0 Å². The Kier molecular flexibility index (Phi) is 5.41. The molecule has 2 saturated heterocycles. The summed E-state index contributed by atoms with van der Waals surface area (Å²) >= 11 is 0. The average molecular weight is 321 g/mol. The van der Waals surface area contributed by atoms with Crippen molar-refractivity contribution in [1.29, 1.82) is 0 Å². The van der Waals surface area contributed by atoms with Crippen LogP contribution in [0.1, 0.15) is 31.7 Å². The molecule has 2 aliphatic heterocycles. The lowest BCUT2D eigenvalue weighted by molar-refractivity contribution is -0.190. The molecule has 0 atom stereocenters. The normalized spacial score (nSPS) is 20.8. The number of nitrogens with zero attached hydrogens (tertiary/aromatic N) is 1. The Morgan fingerprint density at radius 2 is 2.04 bits per heavy atom. The third-order valence-corrected chi connectivity index (χ3v) is 4.41. The van der Waals surface area contributed by atoms with Gasteiger partial charge in [-0.25, -0.2) is 0 Å². The molecule has 0 aromatic heterocycles. The Labute approximate surface area is 138 Å². The highest BCUT2D eigenvalue weighted by molar-refractivity contribution is 5.43. The number of likely N-dealkylation sites (tertiary alicyclic amines) is 1. The molecule has 5 heteroatoms. The van der Waals surface area contributed by atoms with Crippen molar-refractivity contribution in [2.75, 3.05) is 40.0 Å². The number of rotatable bonds is 6. The first kappa shape index (κ1) is 16.6. The highest BCUT2D eigenvalue weighted by Crippen LogP contribution is 2.32. The van der Waals surface area contributed by atoms with Crippen molar-refractivity contribution >= 4 is 0 Å². The molecule has 2 heterocycles. The van der Waals surface area contributed by atoms with Gasteiger partial charge in [-0.1, -0.05) is 13.0 Å². The zero-order chi connectivity index (χ0) is 16.1. The van der Waals surface area contributed by atoms with Gasteiger partial charge in [0.25, 0.3) is 0 Å². The number of hydrogen-bond acceptors (Lipinski definition) is 5. The van der Waals surface area contributed by atoms with Crippen molar-refractivity contribution in [1.82, 2.24) is 4.90 Å². The second-order valence-electron chi connectivity index (χ2n) is 6.26. The van der Waals surface area contributed by atoms with Gasteiger partial charge < -0.3 is 18.9 Å². The first-order valence-corrected chi connectivity index (χ1v) is 8.55. The zero-order valence-corrected chi connectivity index (χ0v) is 14.2. The minimum atomic E-state index is -0.369. The van der Waals surface area contributed by atoms with Crippen molar-refractivity contribution in [3.8, 4) is 11.5 Å². The van der Waals surface area contributed by atoms with E-state index in [-0.39, 0.29) is 5.79 Å². The SMILES string of the molecule is CCCOc1ccc(CN2CCCC3(C2)OCCO3)cc1OC. The van der Waals surface area contributed by atoms with E-state index in [0.717, 1.165) is 50.4 Å². The topological polar surface area (TPSA) is 40.2 Å². The number of benzene rings is 1. The summed E-state index contributed by atoms with van der Waals surface area (Å²) in [6, 6.07) is 6.19. The van der Waals surface area contributed by atoms with Crippen LogP contribution >= 0.6 is 0 Å². The molecule has 0 aliphatic carbocycles. The fourth-order valence-electron chi connectivity index (χ4n) is 3.34. The van der Waals surface area contributed by atoms with Gasteiger partial charge in [0.2, 0.25) is 0 Å². The van der Waals surface area contributed by atoms with Crippen molar-refractivity contribution in [2.24, 2.45) is 0 Å². The van der Waals surface area contributed by atoms with E-state index >= 15 is 0 Å². The molecule has 128 valence electrons. The number of ether oxygens (including phenoxy) is 4. The van der Waals surface area contributed by atoms with E-state index in [1.807, 2.05) is 6.07 Å². The first-order chi connectivity index (χ1) is 11.2. The molecule has 2 aliphatic rings. The lowest BCUT2D eigenvalue weighted by atomic mass is 10.0. The highest BCUT2D eigenvalue weighted by atomic mass is 16.7. The molecule has 5 nitrogen and oxygen atoms in total. The van der Waals surface area contributed by atoms with Crippen LogP contribution in [0.3, 0.4) is 0 Å². The van der Waals surface area contributed by atoms with Crippen LogP contribution in [0.4, 0.5) is 0 Å². The van der Waals surface area contributed by atoms with Crippen LogP contribution in [0.2, 0.25) is 0 Å². The molecule has 2 fully saturated rings. The number of piperidine rings is 1. The summed E-state index contributed by atoms with van der Waals surface area (Å²) in [5, 5.41) is 0. The van der Waals surface area contributed by atoms with Crippen molar-refractivity contribution in [2.45, 2.75) is 38.5 Å². The monoisotopic (exact) mass is 321 g/mol. The standard InChI is InChI=1S/C18H27NO4/c1-3-9-21-16-6-5-15(12-17(16)20-2)13-19-8-4-7-18(14-19)22-10-11-23-18/h5-6,12H,3-4,7-11,13-14H2,1-2H3.